The van der Waals surface area contributed by atoms with Gasteiger partial charge in [-0.3, -0.25) is 14.5 Å². The number of nitrogens with zero attached hydrogens (tertiary/aromatic N) is 3. The van der Waals surface area contributed by atoms with E-state index in [-0.39, 0.29) is 35.0 Å². The van der Waals surface area contributed by atoms with Gasteiger partial charge in [-0.05, 0) is 66.1 Å². The predicted molar refractivity (Wildman–Crippen MR) is 163 cm³/mol. The molecule has 11 heteroatoms. The minimum atomic E-state index is -0.987. The van der Waals surface area contributed by atoms with Crippen molar-refractivity contribution in [1.29, 1.82) is 0 Å². The number of aromatic nitrogens is 2. The number of amides is 1. The fourth-order valence-corrected chi connectivity index (χ4v) is 6.91. The highest BCUT2D eigenvalue weighted by molar-refractivity contribution is 8.00. The van der Waals surface area contributed by atoms with Crippen molar-refractivity contribution >= 4 is 45.7 Å². The number of thioether (sulfide) groups is 1. The third-order valence-electron chi connectivity index (χ3n) is 7.03. The second-order valence-corrected chi connectivity index (χ2v) is 12.2. The molecule has 2 atom stereocenters. The molecule has 0 aliphatic carbocycles. The SMILES string of the molecule is C=CCOc1cccc([C@@H]2/C(=C(\O)c3ccc4c(c3)C[C@@H](C)O4)C(=O)C(=O)N2c2nnc(SCc3ccc(F)cc3)s2)c1. The highest BCUT2D eigenvalue weighted by Crippen LogP contribution is 2.45. The fraction of sp³-hybridized carbons (Fsp3) is 0.188. The molecule has 0 unspecified atom stereocenters. The van der Waals surface area contributed by atoms with Crippen LogP contribution in [0.2, 0.25) is 0 Å². The number of anilines is 1. The third kappa shape index (κ3) is 5.78. The lowest BCUT2D eigenvalue weighted by atomic mass is 9.94. The molecular formula is C32H26FN3O5S2. The zero-order valence-corrected chi connectivity index (χ0v) is 24.7. The van der Waals surface area contributed by atoms with Crippen LogP contribution in [0, 0.1) is 5.82 Å². The number of ketones is 1. The monoisotopic (exact) mass is 615 g/mol. The Morgan fingerprint density at radius 3 is 2.79 bits per heavy atom. The molecule has 1 saturated heterocycles. The molecule has 2 aliphatic heterocycles. The molecule has 1 aromatic heterocycles. The van der Waals surface area contributed by atoms with Gasteiger partial charge in [-0.2, -0.15) is 0 Å². The summed E-state index contributed by atoms with van der Waals surface area (Å²) in [4.78, 5) is 28.5. The minimum absolute atomic E-state index is 0.00353. The molecule has 0 spiro atoms. The van der Waals surface area contributed by atoms with Crippen LogP contribution in [0.15, 0.2) is 89.3 Å². The van der Waals surface area contributed by atoms with Gasteiger partial charge >= 0.3 is 5.91 Å². The Morgan fingerprint density at radius 2 is 2.00 bits per heavy atom. The van der Waals surface area contributed by atoms with Gasteiger partial charge in [0.05, 0.1) is 11.6 Å². The number of Topliss-reactive ketones (excluding diaryl/α,β-unsaturated/α-hetero) is 1. The molecule has 3 aromatic carbocycles. The van der Waals surface area contributed by atoms with Gasteiger partial charge in [-0.1, -0.05) is 60.0 Å². The average Bonchev–Trinajstić information content (AvgIpc) is 3.70. The van der Waals surface area contributed by atoms with E-state index in [1.54, 1.807) is 60.7 Å². The molecule has 4 aromatic rings. The first-order valence-electron chi connectivity index (χ1n) is 13.5. The quantitative estimate of drug-likeness (QED) is 0.0570. The summed E-state index contributed by atoms with van der Waals surface area (Å²) >= 11 is 2.54. The zero-order chi connectivity index (χ0) is 30.1. The molecule has 0 radical (unpaired) electrons. The van der Waals surface area contributed by atoms with Crippen molar-refractivity contribution in [3.8, 4) is 11.5 Å². The van der Waals surface area contributed by atoms with Crippen molar-refractivity contribution in [2.24, 2.45) is 0 Å². The number of carbonyl (C=O) groups excluding carboxylic acids is 2. The maximum Gasteiger partial charge on any atom is 0.301 e. The number of hydrogen-bond acceptors (Lipinski definition) is 9. The number of fused-ring (bicyclic) bond motifs is 1. The largest absolute Gasteiger partial charge is 0.507 e. The Labute approximate surface area is 255 Å². The van der Waals surface area contributed by atoms with Crippen LogP contribution < -0.4 is 14.4 Å². The van der Waals surface area contributed by atoms with Crippen LogP contribution >= 0.6 is 23.1 Å². The number of benzene rings is 3. The highest BCUT2D eigenvalue weighted by Gasteiger charge is 2.48. The molecule has 1 fully saturated rings. The maximum absolute atomic E-state index is 13.6. The van der Waals surface area contributed by atoms with E-state index in [0.29, 0.717) is 33.4 Å². The molecule has 218 valence electrons. The summed E-state index contributed by atoms with van der Waals surface area (Å²) < 4.78 is 25.4. The molecule has 6 rings (SSSR count). The molecule has 43 heavy (non-hydrogen) atoms. The second kappa shape index (κ2) is 12.0. The van der Waals surface area contributed by atoms with Gasteiger partial charge in [0.25, 0.3) is 5.78 Å². The molecule has 0 saturated carbocycles. The van der Waals surface area contributed by atoms with Gasteiger partial charge in [-0.15, -0.1) is 10.2 Å². The lowest BCUT2D eigenvalue weighted by Gasteiger charge is -2.23. The van der Waals surface area contributed by atoms with Gasteiger partial charge in [0.1, 0.15) is 35.8 Å². The Balaban J connectivity index is 1.39. The van der Waals surface area contributed by atoms with Crippen molar-refractivity contribution in [2.75, 3.05) is 11.5 Å². The highest BCUT2D eigenvalue weighted by atomic mass is 32.2. The van der Waals surface area contributed by atoms with Crippen molar-refractivity contribution < 1.29 is 28.6 Å². The number of aliphatic hydroxyl groups is 1. The summed E-state index contributed by atoms with van der Waals surface area (Å²) in [6.07, 6.45) is 2.28. The number of hydrogen-bond donors (Lipinski definition) is 1. The molecule has 2 aliphatic rings. The smallest absolute Gasteiger partial charge is 0.301 e. The van der Waals surface area contributed by atoms with E-state index < -0.39 is 17.7 Å². The van der Waals surface area contributed by atoms with Gasteiger partial charge < -0.3 is 14.6 Å². The van der Waals surface area contributed by atoms with Gasteiger partial charge in [0.2, 0.25) is 5.13 Å². The summed E-state index contributed by atoms with van der Waals surface area (Å²) in [7, 11) is 0. The Morgan fingerprint density at radius 1 is 1.19 bits per heavy atom. The second-order valence-electron chi connectivity index (χ2n) is 10.1. The Kier molecular flexibility index (Phi) is 8.00. The lowest BCUT2D eigenvalue weighted by Crippen LogP contribution is -2.29. The molecular weight excluding hydrogens is 590 g/mol. The molecule has 8 nitrogen and oxygen atoms in total. The Hall–Kier alpha value is -4.48. The predicted octanol–water partition coefficient (Wildman–Crippen LogP) is 6.48. The van der Waals surface area contributed by atoms with Crippen molar-refractivity contribution in [2.45, 2.75) is 35.6 Å². The number of ether oxygens (including phenoxy) is 2. The normalized spacial score (nSPS) is 18.9. The summed E-state index contributed by atoms with van der Waals surface area (Å²) in [5.74, 6) is -0.508. The first kappa shape index (κ1) is 28.6. The summed E-state index contributed by atoms with van der Waals surface area (Å²) in [6.45, 7) is 5.91. The van der Waals surface area contributed by atoms with Crippen LogP contribution in [0.4, 0.5) is 9.52 Å². The third-order valence-corrected chi connectivity index (χ3v) is 9.16. The fourth-order valence-electron chi connectivity index (χ4n) is 5.08. The van der Waals surface area contributed by atoms with E-state index in [1.165, 1.54) is 28.8 Å². The van der Waals surface area contributed by atoms with Crippen molar-refractivity contribution in [3.05, 3.63) is 113 Å². The van der Waals surface area contributed by atoms with E-state index in [4.69, 9.17) is 9.47 Å². The molecule has 0 bridgehead atoms. The number of carbonyl (C=O) groups is 2. The van der Waals surface area contributed by atoms with Gasteiger partial charge in [0, 0.05) is 17.7 Å². The summed E-state index contributed by atoms with van der Waals surface area (Å²) in [5.41, 5.74) is 2.71. The minimum Gasteiger partial charge on any atom is -0.507 e. The number of halogens is 1. The lowest BCUT2D eigenvalue weighted by molar-refractivity contribution is -0.132. The number of aliphatic hydroxyl groups excluding tert-OH is 1. The topological polar surface area (TPSA) is 102 Å². The number of rotatable bonds is 9. The molecule has 1 amide bonds. The van der Waals surface area contributed by atoms with Gasteiger partial charge in [0.15, 0.2) is 4.34 Å². The van der Waals surface area contributed by atoms with Crippen LogP contribution in [0.25, 0.3) is 5.76 Å². The van der Waals surface area contributed by atoms with Crippen LogP contribution in [0.3, 0.4) is 0 Å². The van der Waals surface area contributed by atoms with Crippen molar-refractivity contribution in [3.63, 3.8) is 0 Å². The van der Waals surface area contributed by atoms with Crippen LogP contribution in [0.5, 0.6) is 11.5 Å². The maximum atomic E-state index is 13.6. The molecule has 3 heterocycles. The van der Waals surface area contributed by atoms with Crippen LogP contribution in [-0.2, 0) is 21.8 Å². The van der Waals surface area contributed by atoms with E-state index >= 15 is 0 Å². The Bertz CT molecular complexity index is 1750. The van der Waals surface area contributed by atoms with Crippen molar-refractivity contribution in [1.82, 2.24) is 10.2 Å². The summed E-state index contributed by atoms with van der Waals surface area (Å²) in [5, 5.41) is 20.3. The van der Waals surface area contributed by atoms with Gasteiger partial charge in [-0.25, -0.2) is 4.39 Å². The van der Waals surface area contributed by atoms with E-state index in [1.807, 2.05) is 6.92 Å². The standard InChI is InChI=1S/C32H26FN3O5S2/c1-3-13-40-24-6-4-5-20(16-24)27-26(28(37)21-9-12-25-22(15-21)14-18(2)41-25)29(38)30(39)36(27)31-34-35-32(43-31)42-17-19-7-10-23(33)11-8-19/h3-12,15-16,18,27,37H,1,13-14,17H2,2H3/b28-26+/t18-,27-/m1/s1. The summed E-state index contributed by atoms with van der Waals surface area (Å²) in [6, 6.07) is 17.4. The van der Waals surface area contributed by atoms with E-state index in [9.17, 15) is 19.1 Å². The molecule has 1 N–H and O–H groups in total. The zero-order valence-electron chi connectivity index (χ0n) is 23.0. The van der Waals surface area contributed by atoms with E-state index in [2.05, 4.69) is 16.8 Å². The first-order valence-corrected chi connectivity index (χ1v) is 15.3. The van der Waals surface area contributed by atoms with Crippen LogP contribution in [-0.4, -0.2) is 39.7 Å². The van der Waals surface area contributed by atoms with E-state index in [0.717, 1.165) is 28.2 Å². The van der Waals surface area contributed by atoms with Crippen LogP contribution in [0.1, 0.15) is 35.2 Å². The average molecular weight is 616 g/mol. The first-order chi connectivity index (χ1) is 20.8.